The summed E-state index contributed by atoms with van der Waals surface area (Å²) in [7, 11) is 0. The van der Waals surface area contributed by atoms with Gasteiger partial charge in [-0.05, 0) is 61.5 Å². The Morgan fingerprint density at radius 2 is 1.97 bits per heavy atom. The standard InChI is InChI=1S/C25H36O6/c1-7-12(2)22(29)31-21-13(3)10-24-14(4)8-17-18(23(17,5)6)16(20(24)28)9-15(11-26)19(27)25(21,24)30/h7,9-10,14,16-21,26-28,30H,8,11H2,1-6H3/b12-7-/t14-,16+,17?,18+,19-,20?,21+,24+,25+/m1/s1. The summed E-state index contributed by atoms with van der Waals surface area (Å²) >= 11 is 0. The molecule has 31 heavy (non-hydrogen) atoms. The van der Waals surface area contributed by atoms with Crippen LogP contribution in [0.25, 0.3) is 0 Å². The normalized spacial score (nSPS) is 47.9. The largest absolute Gasteiger partial charge is 0.451 e. The highest BCUT2D eigenvalue weighted by Crippen LogP contribution is 2.72. The third-order valence-electron chi connectivity index (χ3n) is 9.14. The van der Waals surface area contributed by atoms with Crippen molar-refractivity contribution in [1.29, 1.82) is 0 Å². The van der Waals surface area contributed by atoms with Gasteiger partial charge in [0, 0.05) is 11.5 Å². The van der Waals surface area contributed by atoms with Gasteiger partial charge in [-0.25, -0.2) is 4.79 Å². The van der Waals surface area contributed by atoms with Gasteiger partial charge >= 0.3 is 5.97 Å². The van der Waals surface area contributed by atoms with E-state index in [0.29, 0.717) is 17.1 Å². The SMILES string of the molecule is C/C=C(/C)C(=O)O[C@H]1C(C)=C[C@]23C(O)[C@@H](C=C(CO)[C@@H](O)[C@]12O)[C@H]1C(C[C@H]3C)C1(C)C. The van der Waals surface area contributed by atoms with Gasteiger partial charge in [-0.15, -0.1) is 0 Å². The Morgan fingerprint density at radius 3 is 2.55 bits per heavy atom. The van der Waals surface area contributed by atoms with Crippen LogP contribution in [0.2, 0.25) is 0 Å². The fourth-order valence-corrected chi connectivity index (χ4v) is 7.22. The van der Waals surface area contributed by atoms with E-state index in [1.165, 1.54) is 0 Å². The molecular weight excluding hydrogens is 396 g/mol. The summed E-state index contributed by atoms with van der Waals surface area (Å²) in [6.07, 6.45) is 2.46. The molecule has 0 radical (unpaired) electrons. The summed E-state index contributed by atoms with van der Waals surface area (Å²) in [5.74, 6) is -0.493. The number of carbonyl (C=O) groups excluding carboxylic acids is 1. The van der Waals surface area contributed by atoms with Crippen LogP contribution in [0, 0.1) is 34.5 Å². The molecule has 4 rings (SSSR count). The third-order valence-corrected chi connectivity index (χ3v) is 9.14. The molecule has 0 aromatic carbocycles. The summed E-state index contributed by atoms with van der Waals surface area (Å²) in [4.78, 5) is 12.6. The Balaban J connectivity index is 1.90. The predicted molar refractivity (Wildman–Crippen MR) is 116 cm³/mol. The molecule has 0 amide bonds. The minimum atomic E-state index is -1.98. The lowest BCUT2D eigenvalue weighted by Crippen LogP contribution is -2.66. The van der Waals surface area contributed by atoms with Crippen molar-refractivity contribution in [2.45, 2.75) is 71.9 Å². The highest BCUT2D eigenvalue weighted by atomic mass is 16.6. The van der Waals surface area contributed by atoms with E-state index in [4.69, 9.17) is 4.74 Å². The van der Waals surface area contributed by atoms with E-state index in [1.54, 1.807) is 32.9 Å². The van der Waals surface area contributed by atoms with Gasteiger partial charge in [0.25, 0.3) is 0 Å². The van der Waals surface area contributed by atoms with Crippen LogP contribution in [-0.4, -0.2) is 56.9 Å². The monoisotopic (exact) mass is 432 g/mol. The lowest BCUT2D eigenvalue weighted by atomic mass is 9.58. The molecule has 4 aliphatic rings. The van der Waals surface area contributed by atoms with Gasteiger partial charge in [0.15, 0.2) is 6.10 Å². The van der Waals surface area contributed by atoms with Crippen LogP contribution in [0.5, 0.6) is 0 Å². The van der Waals surface area contributed by atoms with Crippen molar-refractivity contribution < 1.29 is 30.0 Å². The smallest absolute Gasteiger partial charge is 0.334 e. The number of carbonyl (C=O) groups is 1. The van der Waals surface area contributed by atoms with Crippen LogP contribution in [-0.2, 0) is 9.53 Å². The zero-order chi connectivity index (χ0) is 23.1. The zero-order valence-electron chi connectivity index (χ0n) is 19.3. The molecule has 2 unspecified atom stereocenters. The van der Waals surface area contributed by atoms with Crippen LogP contribution < -0.4 is 0 Å². The van der Waals surface area contributed by atoms with Crippen molar-refractivity contribution in [2.75, 3.05) is 6.61 Å². The molecular formula is C25H36O6. The Labute approximate surface area is 184 Å². The number of esters is 1. The van der Waals surface area contributed by atoms with E-state index in [1.807, 2.05) is 13.0 Å². The van der Waals surface area contributed by atoms with Crippen LogP contribution >= 0.6 is 0 Å². The van der Waals surface area contributed by atoms with Crippen molar-refractivity contribution >= 4 is 5.97 Å². The zero-order valence-corrected chi connectivity index (χ0v) is 19.3. The van der Waals surface area contributed by atoms with Gasteiger partial charge in [0.05, 0.1) is 18.1 Å². The lowest BCUT2D eigenvalue weighted by molar-refractivity contribution is -0.223. The average Bonchev–Trinajstić information content (AvgIpc) is 3.21. The number of hydrogen-bond donors (Lipinski definition) is 4. The van der Waals surface area contributed by atoms with Gasteiger partial charge in [-0.2, -0.15) is 0 Å². The Bertz CT molecular complexity index is 884. The number of aliphatic hydroxyl groups is 4. The van der Waals surface area contributed by atoms with E-state index < -0.39 is 41.9 Å². The Hall–Kier alpha value is -1.47. The minimum absolute atomic E-state index is 0.0399. The van der Waals surface area contributed by atoms with Gasteiger partial charge in [-0.1, -0.05) is 39.0 Å². The molecule has 0 heterocycles. The van der Waals surface area contributed by atoms with Gasteiger partial charge in [0.2, 0.25) is 0 Å². The molecule has 4 aliphatic carbocycles. The fraction of sp³-hybridized carbons (Fsp3) is 0.720. The molecule has 9 atom stereocenters. The highest BCUT2D eigenvalue weighted by Gasteiger charge is 2.76. The predicted octanol–water partition coefficient (Wildman–Crippen LogP) is 2.12. The molecule has 6 heteroatoms. The summed E-state index contributed by atoms with van der Waals surface area (Å²) in [5, 5.41) is 45.7. The maximum absolute atomic E-state index is 12.6. The van der Waals surface area contributed by atoms with Crippen molar-refractivity contribution in [2.24, 2.45) is 34.5 Å². The second-order valence-corrected chi connectivity index (χ2v) is 10.8. The Morgan fingerprint density at radius 1 is 1.32 bits per heavy atom. The third kappa shape index (κ3) is 2.68. The summed E-state index contributed by atoms with van der Waals surface area (Å²) < 4.78 is 5.76. The maximum Gasteiger partial charge on any atom is 0.334 e. The molecule has 0 aliphatic heterocycles. The summed E-state index contributed by atoms with van der Waals surface area (Å²) in [6, 6.07) is 0. The first-order valence-electron chi connectivity index (χ1n) is 11.3. The first-order chi connectivity index (χ1) is 14.4. The van der Waals surface area contributed by atoms with Crippen LogP contribution in [0.4, 0.5) is 0 Å². The molecule has 172 valence electrons. The van der Waals surface area contributed by atoms with Crippen molar-refractivity contribution in [1.82, 2.24) is 0 Å². The van der Waals surface area contributed by atoms with E-state index in [2.05, 4.69) is 13.8 Å². The Kier molecular flexibility index (Phi) is 5.14. The van der Waals surface area contributed by atoms with Crippen molar-refractivity contribution in [3.8, 4) is 0 Å². The summed E-state index contributed by atoms with van der Waals surface area (Å²) in [5.41, 5.74) is -1.86. The van der Waals surface area contributed by atoms with Crippen LogP contribution in [0.1, 0.15) is 48.0 Å². The number of fused-ring (bicyclic) bond motifs is 3. The molecule has 2 bridgehead atoms. The molecule has 6 nitrogen and oxygen atoms in total. The molecule has 0 saturated heterocycles. The quantitative estimate of drug-likeness (QED) is 0.309. The second kappa shape index (κ2) is 7.01. The molecule has 1 spiro atoms. The maximum atomic E-state index is 12.6. The van der Waals surface area contributed by atoms with Crippen LogP contribution in [0.3, 0.4) is 0 Å². The second-order valence-electron chi connectivity index (χ2n) is 10.8. The first kappa shape index (κ1) is 22.7. The molecule has 0 aromatic heterocycles. The average molecular weight is 433 g/mol. The van der Waals surface area contributed by atoms with E-state index in [-0.39, 0.29) is 28.7 Å². The topological polar surface area (TPSA) is 107 Å². The first-order valence-corrected chi connectivity index (χ1v) is 11.3. The van der Waals surface area contributed by atoms with E-state index >= 15 is 0 Å². The number of allylic oxidation sites excluding steroid dienone is 1. The van der Waals surface area contributed by atoms with Crippen molar-refractivity contribution in [3.05, 3.63) is 34.9 Å². The molecule has 2 saturated carbocycles. The highest BCUT2D eigenvalue weighted by molar-refractivity contribution is 5.88. The van der Waals surface area contributed by atoms with Crippen LogP contribution in [0.15, 0.2) is 34.9 Å². The molecule has 0 aromatic rings. The minimum Gasteiger partial charge on any atom is -0.451 e. The summed E-state index contributed by atoms with van der Waals surface area (Å²) in [6.45, 7) is 11.1. The lowest BCUT2D eigenvalue weighted by Gasteiger charge is -2.52. The number of hydrogen-bond acceptors (Lipinski definition) is 6. The molecule has 2 fully saturated rings. The number of rotatable bonds is 3. The number of aliphatic hydroxyl groups excluding tert-OH is 3. The fourth-order valence-electron chi connectivity index (χ4n) is 7.22. The van der Waals surface area contributed by atoms with Gasteiger partial charge < -0.3 is 25.2 Å². The number of ether oxygens (including phenoxy) is 1. The van der Waals surface area contributed by atoms with Gasteiger partial charge in [0.1, 0.15) is 11.7 Å². The van der Waals surface area contributed by atoms with E-state index in [0.717, 1.165) is 6.42 Å². The van der Waals surface area contributed by atoms with Gasteiger partial charge in [-0.3, -0.25) is 0 Å². The van der Waals surface area contributed by atoms with Crippen molar-refractivity contribution in [3.63, 3.8) is 0 Å². The van der Waals surface area contributed by atoms with E-state index in [9.17, 15) is 25.2 Å². The molecule has 4 N–H and O–H groups in total.